The molecule has 0 aliphatic carbocycles. The van der Waals surface area contributed by atoms with Crippen LogP contribution in [0.2, 0.25) is 5.02 Å². The molecule has 1 fully saturated rings. The first-order valence-corrected chi connectivity index (χ1v) is 8.18. The predicted molar refractivity (Wildman–Crippen MR) is 86.4 cm³/mol. The van der Waals surface area contributed by atoms with Gasteiger partial charge < -0.3 is 4.90 Å². The van der Waals surface area contributed by atoms with Crippen LogP contribution >= 0.6 is 27.5 Å². The minimum atomic E-state index is 0.0809. The number of rotatable bonds is 3. The fourth-order valence-corrected chi connectivity index (χ4v) is 3.31. The summed E-state index contributed by atoms with van der Waals surface area (Å²) in [6.07, 6.45) is 1.15. The van der Waals surface area contributed by atoms with Crippen LogP contribution in [-0.4, -0.2) is 47.9 Å². The second-order valence-corrected chi connectivity index (χ2v) is 6.50. The van der Waals surface area contributed by atoms with Gasteiger partial charge in [0, 0.05) is 41.7 Å². The molecule has 110 valence electrons. The molecule has 1 aromatic rings. The van der Waals surface area contributed by atoms with Gasteiger partial charge in [-0.15, -0.1) is 0 Å². The molecule has 0 aromatic heterocycles. The molecule has 3 nitrogen and oxygen atoms in total. The van der Waals surface area contributed by atoms with E-state index in [-0.39, 0.29) is 5.91 Å². The Morgan fingerprint density at radius 3 is 2.55 bits per heavy atom. The van der Waals surface area contributed by atoms with Gasteiger partial charge in [-0.1, -0.05) is 18.5 Å². The molecule has 2 rings (SSSR count). The highest BCUT2D eigenvalue weighted by Gasteiger charge is 2.25. The molecular formula is C15H20BrClN2O. The van der Waals surface area contributed by atoms with E-state index in [0.717, 1.165) is 37.1 Å². The second-order valence-electron chi connectivity index (χ2n) is 5.21. The highest BCUT2D eigenvalue weighted by molar-refractivity contribution is 9.10. The molecule has 1 aliphatic heterocycles. The summed E-state index contributed by atoms with van der Waals surface area (Å²) in [5, 5.41) is 0.634. The molecule has 1 aliphatic rings. The van der Waals surface area contributed by atoms with E-state index in [2.05, 4.69) is 34.7 Å². The molecular weight excluding hydrogens is 340 g/mol. The molecule has 0 saturated carbocycles. The number of carbonyl (C=O) groups excluding carboxylic acids is 1. The molecule has 1 atom stereocenters. The minimum Gasteiger partial charge on any atom is -0.336 e. The van der Waals surface area contributed by atoms with E-state index in [1.807, 2.05) is 4.90 Å². The lowest BCUT2D eigenvalue weighted by atomic mass is 10.1. The molecule has 5 heteroatoms. The normalized spacial score (nSPS) is 18.1. The standard InChI is InChI=1S/C15H20BrClN2O/c1-3-11(2)18-6-8-19(9-7-18)15(20)13-5-4-12(17)10-14(13)16/h4-5,10-11H,3,6-9H2,1-2H3. The SMILES string of the molecule is CCC(C)N1CCN(C(=O)c2ccc(Cl)cc2Br)CC1. The fraction of sp³-hybridized carbons (Fsp3) is 0.533. The summed E-state index contributed by atoms with van der Waals surface area (Å²) in [4.78, 5) is 16.9. The topological polar surface area (TPSA) is 23.6 Å². The van der Waals surface area contributed by atoms with Crippen LogP contribution in [0.3, 0.4) is 0 Å². The molecule has 1 aromatic carbocycles. The van der Waals surface area contributed by atoms with Crippen LogP contribution in [0.1, 0.15) is 30.6 Å². The Balaban J connectivity index is 2.01. The van der Waals surface area contributed by atoms with Crippen molar-refractivity contribution >= 4 is 33.4 Å². The van der Waals surface area contributed by atoms with Crippen LogP contribution in [0.4, 0.5) is 0 Å². The third-order valence-corrected chi connectivity index (χ3v) is 4.87. The summed E-state index contributed by atoms with van der Waals surface area (Å²) in [7, 11) is 0. The number of hydrogen-bond acceptors (Lipinski definition) is 2. The van der Waals surface area contributed by atoms with Gasteiger partial charge in [-0.2, -0.15) is 0 Å². The molecule has 0 N–H and O–H groups in total. The van der Waals surface area contributed by atoms with Crippen molar-refractivity contribution in [3.05, 3.63) is 33.3 Å². The van der Waals surface area contributed by atoms with Crippen LogP contribution in [0.25, 0.3) is 0 Å². The maximum atomic E-state index is 12.5. The summed E-state index contributed by atoms with van der Waals surface area (Å²) in [6, 6.07) is 5.91. The summed E-state index contributed by atoms with van der Waals surface area (Å²) < 4.78 is 0.763. The first-order chi connectivity index (χ1) is 9.52. The van der Waals surface area contributed by atoms with E-state index in [9.17, 15) is 4.79 Å². The lowest BCUT2D eigenvalue weighted by Crippen LogP contribution is -2.51. The zero-order valence-corrected chi connectivity index (χ0v) is 14.2. The second kappa shape index (κ2) is 6.92. The third kappa shape index (κ3) is 3.54. The molecule has 20 heavy (non-hydrogen) atoms. The first kappa shape index (κ1) is 15.8. The fourth-order valence-electron chi connectivity index (χ4n) is 2.46. The monoisotopic (exact) mass is 358 g/mol. The lowest BCUT2D eigenvalue weighted by molar-refractivity contribution is 0.0579. The van der Waals surface area contributed by atoms with E-state index in [1.165, 1.54) is 0 Å². The quantitative estimate of drug-likeness (QED) is 0.822. The van der Waals surface area contributed by atoms with Crippen molar-refractivity contribution in [1.82, 2.24) is 9.80 Å². The maximum Gasteiger partial charge on any atom is 0.255 e. The van der Waals surface area contributed by atoms with Crippen molar-refractivity contribution in [3.63, 3.8) is 0 Å². The molecule has 0 bridgehead atoms. The van der Waals surface area contributed by atoms with Crippen LogP contribution in [0, 0.1) is 0 Å². The number of nitrogens with zero attached hydrogens (tertiary/aromatic N) is 2. The maximum absolute atomic E-state index is 12.5. The van der Waals surface area contributed by atoms with Crippen molar-refractivity contribution in [2.45, 2.75) is 26.3 Å². The zero-order valence-electron chi connectivity index (χ0n) is 11.9. The summed E-state index contributed by atoms with van der Waals surface area (Å²) >= 11 is 9.33. The summed E-state index contributed by atoms with van der Waals surface area (Å²) in [5.74, 6) is 0.0809. The van der Waals surface area contributed by atoms with Crippen LogP contribution < -0.4 is 0 Å². The van der Waals surface area contributed by atoms with Crippen molar-refractivity contribution in [2.24, 2.45) is 0 Å². The van der Waals surface area contributed by atoms with Crippen molar-refractivity contribution < 1.29 is 4.79 Å². The number of halogens is 2. The molecule has 1 amide bonds. The number of carbonyl (C=O) groups is 1. The Morgan fingerprint density at radius 1 is 1.35 bits per heavy atom. The van der Waals surface area contributed by atoms with Gasteiger partial charge in [-0.25, -0.2) is 0 Å². The highest BCUT2D eigenvalue weighted by atomic mass is 79.9. The molecule has 1 unspecified atom stereocenters. The van der Waals surface area contributed by atoms with Gasteiger partial charge in [0.2, 0.25) is 0 Å². The van der Waals surface area contributed by atoms with Crippen molar-refractivity contribution in [2.75, 3.05) is 26.2 Å². The van der Waals surface area contributed by atoms with Gasteiger partial charge >= 0.3 is 0 Å². The number of benzene rings is 1. The van der Waals surface area contributed by atoms with Crippen molar-refractivity contribution in [1.29, 1.82) is 0 Å². The van der Waals surface area contributed by atoms with Gasteiger partial charge in [-0.05, 0) is 47.5 Å². The summed E-state index contributed by atoms with van der Waals surface area (Å²) in [6.45, 7) is 7.93. The minimum absolute atomic E-state index is 0.0809. The van der Waals surface area contributed by atoms with Gasteiger partial charge in [-0.3, -0.25) is 9.69 Å². The van der Waals surface area contributed by atoms with E-state index < -0.39 is 0 Å². The van der Waals surface area contributed by atoms with Gasteiger partial charge in [0.05, 0.1) is 5.56 Å². The number of piperazine rings is 1. The third-order valence-electron chi connectivity index (χ3n) is 3.98. The predicted octanol–water partition coefficient (Wildman–Crippen LogP) is 3.66. The first-order valence-electron chi connectivity index (χ1n) is 7.01. The zero-order chi connectivity index (χ0) is 14.7. The Labute approximate surface area is 134 Å². The molecule has 1 heterocycles. The van der Waals surface area contributed by atoms with Gasteiger partial charge in [0.15, 0.2) is 0 Å². The van der Waals surface area contributed by atoms with E-state index >= 15 is 0 Å². The van der Waals surface area contributed by atoms with E-state index in [4.69, 9.17) is 11.6 Å². The van der Waals surface area contributed by atoms with Gasteiger partial charge in [0.1, 0.15) is 0 Å². The molecule has 1 saturated heterocycles. The average Bonchev–Trinajstić information content (AvgIpc) is 2.46. The van der Waals surface area contributed by atoms with E-state index in [1.54, 1.807) is 18.2 Å². The van der Waals surface area contributed by atoms with Crippen molar-refractivity contribution in [3.8, 4) is 0 Å². The van der Waals surface area contributed by atoms with Crippen LogP contribution in [0.5, 0.6) is 0 Å². The Kier molecular flexibility index (Phi) is 5.47. The lowest BCUT2D eigenvalue weighted by Gasteiger charge is -2.38. The number of amides is 1. The smallest absolute Gasteiger partial charge is 0.255 e. The number of hydrogen-bond donors (Lipinski definition) is 0. The van der Waals surface area contributed by atoms with Crippen LogP contribution in [-0.2, 0) is 0 Å². The Morgan fingerprint density at radius 2 is 2.00 bits per heavy atom. The van der Waals surface area contributed by atoms with Crippen LogP contribution in [0.15, 0.2) is 22.7 Å². The highest BCUT2D eigenvalue weighted by Crippen LogP contribution is 2.23. The Bertz CT molecular complexity index is 487. The average molecular weight is 360 g/mol. The molecule has 0 radical (unpaired) electrons. The van der Waals surface area contributed by atoms with E-state index in [0.29, 0.717) is 16.6 Å². The van der Waals surface area contributed by atoms with Gasteiger partial charge in [0.25, 0.3) is 5.91 Å². The largest absolute Gasteiger partial charge is 0.336 e. The molecule has 0 spiro atoms. The Hall–Kier alpha value is -0.580. The summed E-state index contributed by atoms with van der Waals surface area (Å²) in [5.41, 5.74) is 0.686.